The van der Waals surface area contributed by atoms with Gasteiger partial charge in [-0.3, -0.25) is 4.79 Å². The second kappa shape index (κ2) is 17.6. The first-order valence-electron chi connectivity index (χ1n) is 11.4. The Bertz CT molecular complexity index is 462. The maximum atomic E-state index is 12.1. The van der Waals surface area contributed by atoms with E-state index >= 15 is 0 Å². The molecule has 0 unspecified atom stereocenters. The highest BCUT2D eigenvalue weighted by Crippen LogP contribution is 2.14. The predicted molar refractivity (Wildman–Crippen MR) is 120 cm³/mol. The van der Waals surface area contributed by atoms with Crippen LogP contribution in [0, 0.1) is 5.41 Å². The van der Waals surface area contributed by atoms with Crippen LogP contribution in [0.4, 0.5) is 0 Å². The second-order valence-electron chi connectivity index (χ2n) is 8.85. The van der Waals surface area contributed by atoms with E-state index in [0.717, 1.165) is 6.42 Å². The normalized spacial score (nSPS) is 12.7. The van der Waals surface area contributed by atoms with Gasteiger partial charge in [-0.15, -0.1) is 0 Å². The maximum absolute atomic E-state index is 12.1. The molecule has 0 aromatic heterocycles. The molecule has 5 heteroatoms. The van der Waals surface area contributed by atoms with Gasteiger partial charge in [-0.25, -0.2) is 0 Å². The zero-order valence-corrected chi connectivity index (χ0v) is 18.9. The molecule has 0 spiro atoms. The van der Waals surface area contributed by atoms with Crippen molar-refractivity contribution in [1.29, 1.82) is 0 Å². The van der Waals surface area contributed by atoms with Gasteiger partial charge < -0.3 is 5.32 Å². The SMILES string of the molecule is CCCCCCCCCCCCCC/C=C/[C@H](CN=[N+]=[N-])NC(=O)C(C)(C)C. The molecule has 162 valence electrons. The molecule has 0 saturated carbocycles. The summed E-state index contributed by atoms with van der Waals surface area (Å²) in [6.45, 7) is 8.16. The van der Waals surface area contributed by atoms with Crippen LogP contribution in [0.3, 0.4) is 0 Å². The van der Waals surface area contributed by atoms with Gasteiger partial charge >= 0.3 is 0 Å². The Balaban J connectivity index is 3.77. The average molecular weight is 393 g/mol. The topological polar surface area (TPSA) is 77.9 Å². The van der Waals surface area contributed by atoms with E-state index in [1.165, 1.54) is 77.0 Å². The summed E-state index contributed by atoms with van der Waals surface area (Å²) in [4.78, 5) is 14.9. The Morgan fingerprint density at radius 1 is 0.964 bits per heavy atom. The quantitative estimate of drug-likeness (QED) is 0.0899. The number of azide groups is 1. The third-order valence-electron chi connectivity index (χ3n) is 4.93. The molecule has 1 N–H and O–H groups in total. The van der Waals surface area contributed by atoms with Gasteiger partial charge in [0.15, 0.2) is 0 Å². The van der Waals surface area contributed by atoms with Gasteiger partial charge in [0.1, 0.15) is 0 Å². The summed E-state index contributed by atoms with van der Waals surface area (Å²) < 4.78 is 0. The molecule has 1 atom stereocenters. The summed E-state index contributed by atoms with van der Waals surface area (Å²) in [6, 6.07) is -0.222. The van der Waals surface area contributed by atoms with Crippen LogP contribution in [0.5, 0.6) is 0 Å². The fourth-order valence-corrected chi connectivity index (χ4v) is 3.03. The van der Waals surface area contributed by atoms with Crippen LogP contribution in [0.1, 0.15) is 111 Å². The van der Waals surface area contributed by atoms with Crippen LogP contribution in [0.2, 0.25) is 0 Å². The highest BCUT2D eigenvalue weighted by atomic mass is 16.2. The van der Waals surface area contributed by atoms with Crippen LogP contribution in [0.15, 0.2) is 17.3 Å². The number of rotatable bonds is 17. The van der Waals surface area contributed by atoms with Crippen LogP contribution in [-0.2, 0) is 4.79 Å². The number of carbonyl (C=O) groups is 1. The van der Waals surface area contributed by atoms with Gasteiger partial charge in [0.05, 0.1) is 6.04 Å². The molecule has 0 fully saturated rings. The summed E-state index contributed by atoms with van der Waals surface area (Å²) in [5.74, 6) is -0.0272. The molecule has 0 aliphatic carbocycles. The zero-order valence-electron chi connectivity index (χ0n) is 18.9. The number of hydrogen-bond acceptors (Lipinski definition) is 2. The largest absolute Gasteiger partial charge is 0.349 e. The van der Waals surface area contributed by atoms with Crippen molar-refractivity contribution in [2.24, 2.45) is 10.5 Å². The fraction of sp³-hybridized carbons (Fsp3) is 0.870. The first kappa shape index (κ1) is 26.5. The lowest BCUT2D eigenvalue weighted by Crippen LogP contribution is -2.42. The number of allylic oxidation sites excluding steroid dienone is 1. The molecule has 0 aliphatic rings. The molecule has 0 rings (SSSR count). The van der Waals surface area contributed by atoms with Crippen molar-refractivity contribution >= 4 is 5.91 Å². The third-order valence-corrected chi connectivity index (χ3v) is 4.93. The van der Waals surface area contributed by atoms with Crippen LogP contribution < -0.4 is 5.32 Å². The van der Waals surface area contributed by atoms with Crippen molar-refractivity contribution in [1.82, 2.24) is 5.32 Å². The molecule has 0 radical (unpaired) electrons. The van der Waals surface area contributed by atoms with Gasteiger partial charge in [0.25, 0.3) is 0 Å². The van der Waals surface area contributed by atoms with Crippen molar-refractivity contribution in [3.05, 3.63) is 22.6 Å². The summed E-state index contributed by atoms with van der Waals surface area (Å²) in [5.41, 5.74) is 8.08. The standard InChI is InChI=1S/C23H44N4O/c1-5-6-7-8-9-10-11-12-13-14-15-16-17-18-19-21(20-25-27-24)26-22(28)23(2,3)4/h18-19,21H,5-17,20H2,1-4H3,(H,26,28)/b19-18+/t21-/m1/s1. The lowest BCUT2D eigenvalue weighted by Gasteiger charge is -2.21. The van der Waals surface area contributed by atoms with Crippen LogP contribution in [0.25, 0.3) is 10.4 Å². The summed E-state index contributed by atoms with van der Waals surface area (Å²) in [6.07, 6.45) is 21.3. The van der Waals surface area contributed by atoms with Gasteiger partial charge in [0.2, 0.25) is 5.91 Å². The minimum absolute atomic E-state index is 0.0272. The van der Waals surface area contributed by atoms with Gasteiger partial charge in [0, 0.05) is 16.9 Å². The lowest BCUT2D eigenvalue weighted by atomic mass is 9.95. The van der Waals surface area contributed by atoms with Gasteiger partial charge in [-0.2, -0.15) is 0 Å². The molecule has 0 aromatic rings. The molecule has 0 heterocycles. The third kappa shape index (κ3) is 16.7. The zero-order chi connectivity index (χ0) is 21.1. The van der Waals surface area contributed by atoms with Gasteiger partial charge in [-0.05, 0) is 18.4 Å². The summed E-state index contributed by atoms with van der Waals surface area (Å²) in [7, 11) is 0. The van der Waals surface area contributed by atoms with E-state index in [4.69, 9.17) is 5.53 Å². The molecule has 0 aromatic carbocycles. The molecule has 0 aliphatic heterocycles. The Labute approximate surface area is 173 Å². The Morgan fingerprint density at radius 2 is 1.46 bits per heavy atom. The number of nitrogens with zero attached hydrogens (tertiary/aromatic N) is 3. The number of nitrogens with one attached hydrogen (secondary N) is 1. The van der Waals surface area contributed by atoms with Crippen molar-refractivity contribution in [2.45, 2.75) is 117 Å². The summed E-state index contributed by atoms with van der Waals surface area (Å²) in [5, 5.41) is 6.55. The molecule has 0 bridgehead atoms. The van der Waals surface area contributed by atoms with Crippen LogP contribution in [-0.4, -0.2) is 18.5 Å². The highest BCUT2D eigenvalue weighted by Gasteiger charge is 2.22. The van der Waals surface area contributed by atoms with Crippen molar-refractivity contribution < 1.29 is 4.79 Å². The van der Waals surface area contributed by atoms with E-state index in [2.05, 4.69) is 28.3 Å². The van der Waals surface area contributed by atoms with Crippen LogP contribution >= 0.6 is 0 Å². The van der Waals surface area contributed by atoms with E-state index < -0.39 is 5.41 Å². The van der Waals surface area contributed by atoms with E-state index in [1.807, 2.05) is 26.8 Å². The monoisotopic (exact) mass is 392 g/mol. The van der Waals surface area contributed by atoms with Crippen molar-refractivity contribution in [2.75, 3.05) is 6.54 Å². The lowest BCUT2D eigenvalue weighted by molar-refractivity contribution is -0.128. The average Bonchev–Trinajstić information content (AvgIpc) is 2.65. The number of hydrogen-bond donors (Lipinski definition) is 1. The number of carbonyl (C=O) groups excluding carboxylic acids is 1. The number of amides is 1. The Kier molecular flexibility index (Phi) is 16.7. The predicted octanol–water partition coefficient (Wildman–Crippen LogP) is 7.48. The smallest absolute Gasteiger partial charge is 0.225 e. The highest BCUT2D eigenvalue weighted by molar-refractivity contribution is 5.81. The molecule has 28 heavy (non-hydrogen) atoms. The molecular formula is C23H44N4O. The Morgan fingerprint density at radius 3 is 1.93 bits per heavy atom. The number of unbranched alkanes of at least 4 members (excludes halogenated alkanes) is 12. The minimum atomic E-state index is -0.446. The fourth-order valence-electron chi connectivity index (χ4n) is 3.03. The van der Waals surface area contributed by atoms with E-state index in [9.17, 15) is 4.79 Å². The second-order valence-corrected chi connectivity index (χ2v) is 8.85. The molecule has 5 nitrogen and oxygen atoms in total. The van der Waals surface area contributed by atoms with Crippen molar-refractivity contribution in [3.8, 4) is 0 Å². The first-order valence-corrected chi connectivity index (χ1v) is 11.4. The van der Waals surface area contributed by atoms with E-state index in [0.29, 0.717) is 0 Å². The van der Waals surface area contributed by atoms with E-state index in [1.54, 1.807) is 0 Å². The molecular weight excluding hydrogens is 348 g/mol. The van der Waals surface area contributed by atoms with Gasteiger partial charge in [-0.1, -0.05) is 116 Å². The maximum Gasteiger partial charge on any atom is 0.225 e. The molecule has 1 amide bonds. The first-order chi connectivity index (χ1) is 13.4. The van der Waals surface area contributed by atoms with Crippen molar-refractivity contribution in [3.63, 3.8) is 0 Å². The molecule has 0 saturated heterocycles. The van der Waals surface area contributed by atoms with E-state index in [-0.39, 0.29) is 18.5 Å². The Hall–Kier alpha value is -1.48. The summed E-state index contributed by atoms with van der Waals surface area (Å²) >= 11 is 0. The minimum Gasteiger partial charge on any atom is -0.349 e.